The van der Waals surface area contributed by atoms with Gasteiger partial charge in [0.15, 0.2) is 0 Å². The molecule has 0 spiro atoms. The monoisotopic (exact) mass is 298 g/mol. The second-order valence-electron chi connectivity index (χ2n) is 5.55. The third-order valence-electron chi connectivity index (χ3n) is 3.75. The van der Waals surface area contributed by atoms with E-state index >= 15 is 0 Å². The van der Waals surface area contributed by atoms with Gasteiger partial charge in [-0.05, 0) is 37.5 Å². The maximum absolute atomic E-state index is 5.72. The van der Waals surface area contributed by atoms with Crippen LogP contribution in [0.1, 0.15) is 18.4 Å². The van der Waals surface area contributed by atoms with Gasteiger partial charge in [-0.2, -0.15) is 0 Å². The third-order valence-corrected chi connectivity index (χ3v) is 3.75. The van der Waals surface area contributed by atoms with Crippen LogP contribution in [0.2, 0.25) is 0 Å². The van der Waals surface area contributed by atoms with Gasteiger partial charge in [-0.1, -0.05) is 12.1 Å². The average molecular weight is 298 g/mol. The van der Waals surface area contributed by atoms with E-state index in [1.165, 1.54) is 18.4 Å². The highest BCUT2D eigenvalue weighted by molar-refractivity contribution is 5.48. The third kappa shape index (κ3) is 3.87. The maximum Gasteiger partial charge on any atom is 0.134 e. The lowest BCUT2D eigenvalue weighted by atomic mass is 10.2. The average Bonchev–Trinajstić information content (AvgIpc) is 3.06. The minimum absolute atomic E-state index is 0.604. The largest absolute Gasteiger partial charge is 0.492 e. The van der Waals surface area contributed by atoms with Crippen LogP contribution in [0.4, 0.5) is 11.6 Å². The zero-order valence-electron chi connectivity index (χ0n) is 13.0. The molecule has 1 aromatic carbocycles. The molecule has 0 unspecified atom stereocenters. The molecule has 0 bridgehead atoms. The number of hydrogen-bond donors (Lipinski definition) is 1. The minimum atomic E-state index is 0.604. The molecule has 2 heterocycles. The summed E-state index contributed by atoms with van der Waals surface area (Å²) in [6.07, 6.45) is 4.12. The molecular weight excluding hydrogens is 276 g/mol. The molecular formula is C17H22N4O. The van der Waals surface area contributed by atoms with Crippen molar-refractivity contribution in [2.45, 2.75) is 19.8 Å². The number of hydrogen-bond acceptors (Lipinski definition) is 5. The maximum atomic E-state index is 5.72. The second-order valence-corrected chi connectivity index (χ2v) is 5.55. The first-order chi connectivity index (χ1) is 10.8. The molecule has 0 atom stereocenters. The highest BCUT2D eigenvalue weighted by atomic mass is 16.5. The molecule has 5 nitrogen and oxygen atoms in total. The molecule has 0 saturated carbocycles. The van der Waals surface area contributed by atoms with Crippen LogP contribution in [0.5, 0.6) is 5.75 Å². The van der Waals surface area contributed by atoms with Crippen LogP contribution in [0.3, 0.4) is 0 Å². The molecule has 0 radical (unpaired) electrons. The summed E-state index contributed by atoms with van der Waals surface area (Å²) in [5, 5.41) is 3.29. The van der Waals surface area contributed by atoms with Crippen molar-refractivity contribution in [2.75, 3.05) is 36.5 Å². The Bertz CT molecular complexity index is 611. The van der Waals surface area contributed by atoms with Gasteiger partial charge < -0.3 is 15.0 Å². The molecule has 3 rings (SSSR count). The molecule has 1 N–H and O–H groups in total. The van der Waals surface area contributed by atoms with Gasteiger partial charge in [-0.25, -0.2) is 9.97 Å². The van der Waals surface area contributed by atoms with Crippen LogP contribution < -0.4 is 15.0 Å². The SMILES string of the molecule is Cc1cccc(OCCNc2cc(N3CCCC3)ncn2)c1. The van der Waals surface area contributed by atoms with Gasteiger partial charge in [0.05, 0.1) is 6.54 Å². The number of anilines is 2. The number of benzene rings is 1. The molecule has 22 heavy (non-hydrogen) atoms. The summed E-state index contributed by atoms with van der Waals surface area (Å²) in [6, 6.07) is 10.1. The van der Waals surface area contributed by atoms with E-state index in [9.17, 15) is 0 Å². The normalized spacial score (nSPS) is 14.1. The van der Waals surface area contributed by atoms with Gasteiger partial charge in [-0.15, -0.1) is 0 Å². The van der Waals surface area contributed by atoms with Crippen molar-refractivity contribution in [3.63, 3.8) is 0 Å². The lowest BCUT2D eigenvalue weighted by molar-refractivity contribution is 0.332. The fourth-order valence-corrected chi connectivity index (χ4v) is 2.62. The van der Waals surface area contributed by atoms with E-state index < -0.39 is 0 Å². The van der Waals surface area contributed by atoms with Gasteiger partial charge >= 0.3 is 0 Å². The Kier molecular flexibility index (Phi) is 4.73. The van der Waals surface area contributed by atoms with Crippen LogP contribution in [-0.2, 0) is 0 Å². The summed E-state index contributed by atoms with van der Waals surface area (Å²) in [5.41, 5.74) is 1.21. The van der Waals surface area contributed by atoms with Gasteiger partial charge in [0.25, 0.3) is 0 Å². The number of aryl methyl sites for hydroxylation is 1. The summed E-state index contributed by atoms with van der Waals surface area (Å²) >= 11 is 0. The van der Waals surface area contributed by atoms with Crippen molar-refractivity contribution >= 4 is 11.6 Å². The van der Waals surface area contributed by atoms with Crippen LogP contribution in [0.25, 0.3) is 0 Å². The lowest BCUT2D eigenvalue weighted by Gasteiger charge is -2.16. The second kappa shape index (κ2) is 7.11. The molecule has 1 aliphatic rings. The zero-order chi connectivity index (χ0) is 15.2. The van der Waals surface area contributed by atoms with E-state index in [0.29, 0.717) is 13.2 Å². The topological polar surface area (TPSA) is 50.3 Å². The quantitative estimate of drug-likeness (QED) is 0.831. The van der Waals surface area contributed by atoms with Crippen molar-refractivity contribution in [2.24, 2.45) is 0 Å². The Hall–Kier alpha value is -2.30. The lowest BCUT2D eigenvalue weighted by Crippen LogP contribution is -2.19. The highest BCUT2D eigenvalue weighted by Gasteiger charge is 2.13. The smallest absolute Gasteiger partial charge is 0.134 e. The predicted molar refractivity (Wildman–Crippen MR) is 88.6 cm³/mol. The van der Waals surface area contributed by atoms with Crippen LogP contribution in [0, 0.1) is 6.92 Å². The molecule has 5 heteroatoms. The van der Waals surface area contributed by atoms with E-state index in [4.69, 9.17) is 4.74 Å². The first-order valence-corrected chi connectivity index (χ1v) is 7.81. The fourth-order valence-electron chi connectivity index (χ4n) is 2.62. The van der Waals surface area contributed by atoms with Crippen LogP contribution in [-0.4, -0.2) is 36.2 Å². The Morgan fingerprint density at radius 1 is 1.18 bits per heavy atom. The van der Waals surface area contributed by atoms with E-state index in [0.717, 1.165) is 30.5 Å². The summed E-state index contributed by atoms with van der Waals surface area (Å²) < 4.78 is 5.72. The molecule has 0 amide bonds. The highest BCUT2D eigenvalue weighted by Crippen LogP contribution is 2.19. The number of rotatable bonds is 6. The van der Waals surface area contributed by atoms with E-state index in [-0.39, 0.29) is 0 Å². The Morgan fingerprint density at radius 2 is 2.05 bits per heavy atom. The number of aromatic nitrogens is 2. The summed E-state index contributed by atoms with van der Waals surface area (Å²) in [4.78, 5) is 10.9. The number of ether oxygens (including phenoxy) is 1. The van der Waals surface area contributed by atoms with Crippen molar-refractivity contribution in [3.8, 4) is 5.75 Å². The predicted octanol–water partition coefficient (Wildman–Crippen LogP) is 2.88. The standard InChI is InChI=1S/C17H22N4O/c1-14-5-4-6-15(11-14)22-10-7-18-16-12-17(20-13-19-16)21-8-2-3-9-21/h4-6,11-13H,2-3,7-10H2,1H3,(H,18,19,20). The van der Waals surface area contributed by atoms with Crippen LogP contribution in [0.15, 0.2) is 36.7 Å². The molecule has 1 aromatic heterocycles. The van der Waals surface area contributed by atoms with Gasteiger partial charge in [0.1, 0.15) is 30.3 Å². The molecule has 1 fully saturated rings. The molecule has 2 aromatic rings. The van der Waals surface area contributed by atoms with Gasteiger partial charge in [0.2, 0.25) is 0 Å². The molecule has 1 saturated heterocycles. The van der Waals surface area contributed by atoms with Crippen LogP contribution >= 0.6 is 0 Å². The Balaban J connectivity index is 1.48. The van der Waals surface area contributed by atoms with Crippen molar-refractivity contribution in [1.29, 1.82) is 0 Å². The Morgan fingerprint density at radius 3 is 2.86 bits per heavy atom. The van der Waals surface area contributed by atoms with Crippen molar-refractivity contribution in [3.05, 3.63) is 42.2 Å². The van der Waals surface area contributed by atoms with E-state index in [2.05, 4.69) is 33.2 Å². The number of nitrogens with one attached hydrogen (secondary N) is 1. The summed E-state index contributed by atoms with van der Waals surface area (Å²) in [5.74, 6) is 2.77. The molecule has 0 aliphatic carbocycles. The minimum Gasteiger partial charge on any atom is -0.492 e. The first-order valence-electron chi connectivity index (χ1n) is 7.81. The van der Waals surface area contributed by atoms with E-state index in [1.807, 2.05) is 24.3 Å². The van der Waals surface area contributed by atoms with E-state index in [1.54, 1.807) is 6.33 Å². The Labute approximate surface area is 131 Å². The first kappa shape index (κ1) is 14.6. The summed E-state index contributed by atoms with van der Waals surface area (Å²) in [7, 11) is 0. The molecule has 116 valence electrons. The van der Waals surface area contributed by atoms with Crippen molar-refractivity contribution in [1.82, 2.24) is 9.97 Å². The van der Waals surface area contributed by atoms with Gasteiger partial charge in [-0.3, -0.25) is 0 Å². The van der Waals surface area contributed by atoms with Gasteiger partial charge in [0, 0.05) is 19.2 Å². The molecule has 1 aliphatic heterocycles. The zero-order valence-corrected chi connectivity index (χ0v) is 13.0. The fraction of sp³-hybridized carbons (Fsp3) is 0.412. The number of nitrogens with zero attached hydrogens (tertiary/aromatic N) is 3. The summed E-state index contributed by atoms with van der Waals surface area (Å²) in [6.45, 7) is 5.56. The van der Waals surface area contributed by atoms with Crippen molar-refractivity contribution < 1.29 is 4.74 Å².